The van der Waals surface area contributed by atoms with E-state index < -0.39 is 18.0 Å². The average molecular weight is 419 g/mol. The van der Waals surface area contributed by atoms with Crippen LogP contribution in [0.3, 0.4) is 0 Å². The lowest BCUT2D eigenvalue weighted by atomic mass is 10.1. The van der Waals surface area contributed by atoms with Crippen molar-refractivity contribution in [3.05, 3.63) is 89.5 Å². The molecular weight excluding hydrogens is 394 g/mol. The number of ether oxygens (including phenoxy) is 3. The summed E-state index contributed by atoms with van der Waals surface area (Å²) in [6, 6.07) is 21.0. The first-order valence-electron chi connectivity index (χ1n) is 9.96. The molecule has 6 nitrogen and oxygen atoms in total. The molecule has 1 amide bonds. The summed E-state index contributed by atoms with van der Waals surface area (Å²) in [5.74, 6) is 0.00624. The van der Waals surface area contributed by atoms with Gasteiger partial charge in [-0.05, 0) is 43.7 Å². The number of nitrogens with one attached hydrogen (secondary N) is 1. The number of aryl methyl sites for hydroxylation is 1. The number of methoxy groups -OCH3 is 1. The van der Waals surface area contributed by atoms with Crippen molar-refractivity contribution in [2.75, 3.05) is 19.0 Å². The third-order valence-corrected chi connectivity index (χ3v) is 4.65. The highest BCUT2D eigenvalue weighted by Crippen LogP contribution is 2.28. The van der Waals surface area contributed by atoms with Gasteiger partial charge in [-0.25, -0.2) is 4.79 Å². The van der Waals surface area contributed by atoms with E-state index in [-0.39, 0.29) is 0 Å². The Balaban J connectivity index is 1.87. The molecule has 6 heteroatoms. The number of amides is 1. The van der Waals surface area contributed by atoms with Crippen molar-refractivity contribution in [2.24, 2.45) is 0 Å². The van der Waals surface area contributed by atoms with Gasteiger partial charge < -0.3 is 19.5 Å². The Bertz CT molecular complexity index is 1050. The molecule has 0 saturated carbocycles. The third kappa shape index (κ3) is 5.42. The van der Waals surface area contributed by atoms with E-state index in [2.05, 4.69) is 5.32 Å². The van der Waals surface area contributed by atoms with Gasteiger partial charge in [-0.1, -0.05) is 48.5 Å². The van der Waals surface area contributed by atoms with Crippen molar-refractivity contribution in [3.8, 4) is 11.5 Å². The van der Waals surface area contributed by atoms with Crippen LogP contribution in [0.1, 0.15) is 34.5 Å². The number of benzene rings is 3. The van der Waals surface area contributed by atoms with Crippen LogP contribution in [-0.2, 0) is 9.53 Å². The number of para-hydroxylation sites is 2. The Morgan fingerprint density at radius 2 is 1.65 bits per heavy atom. The number of anilines is 1. The van der Waals surface area contributed by atoms with Crippen LogP contribution in [-0.4, -0.2) is 25.6 Å². The van der Waals surface area contributed by atoms with Gasteiger partial charge in [0.15, 0.2) is 0 Å². The smallest absolute Gasteiger partial charge is 0.339 e. The molecule has 3 rings (SSSR count). The summed E-state index contributed by atoms with van der Waals surface area (Å²) < 4.78 is 16.5. The summed E-state index contributed by atoms with van der Waals surface area (Å²) in [5, 5.41) is 2.82. The van der Waals surface area contributed by atoms with Crippen molar-refractivity contribution in [1.29, 1.82) is 0 Å². The molecule has 0 radical (unpaired) electrons. The normalized spacial score (nSPS) is 11.3. The molecule has 1 atom stereocenters. The predicted molar refractivity (Wildman–Crippen MR) is 119 cm³/mol. The molecule has 0 aliphatic rings. The minimum atomic E-state index is -1.14. The summed E-state index contributed by atoms with van der Waals surface area (Å²) in [6.07, 6.45) is -1.14. The minimum Gasteiger partial charge on any atom is -0.496 e. The first kappa shape index (κ1) is 21.9. The zero-order chi connectivity index (χ0) is 22.2. The summed E-state index contributed by atoms with van der Waals surface area (Å²) in [6.45, 7) is 4.20. The second-order valence-electron chi connectivity index (χ2n) is 6.80. The second-order valence-corrected chi connectivity index (χ2v) is 6.80. The van der Waals surface area contributed by atoms with Crippen LogP contribution >= 0.6 is 0 Å². The zero-order valence-electron chi connectivity index (χ0n) is 17.8. The molecule has 0 heterocycles. The maximum atomic E-state index is 13.1. The van der Waals surface area contributed by atoms with Gasteiger partial charge in [0.05, 0.1) is 25.0 Å². The van der Waals surface area contributed by atoms with Crippen LogP contribution < -0.4 is 14.8 Å². The first-order valence-corrected chi connectivity index (χ1v) is 9.96. The van der Waals surface area contributed by atoms with E-state index in [1.54, 1.807) is 60.7 Å². The van der Waals surface area contributed by atoms with Crippen molar-refractivity contribution >= 4 is 17.6 Å². The van der Waals surface area contributed by atoms with E-state index >= 15 is 0 Å². The molecule has 3 aromatic rings. The number of carbonyl (C=O) groups is 2. The average Bonchev–Trinajstić information content (AvgIpc) is 2.79. The molecule has 0 spiro atoms. The van der Waals surface area contributed by atoms with E-state index in [0.717, 1.165) is 5.56 Å². The number of carbonyl (C=O) groups excluding carboxylic acids is 2. The molecule has 3 aromatic carbocycles. The molecule has 0 aliphatic carbocycles. The van der Waals surface area contributed by atoms with Gasteiger partial charge in [0, 0.05) is 5.56 Å². The molecule has 0 unspecified atom stereocenters. The van der Waals surface area contributed by atoms with Gasteiger partial charge in [0.2, 0.25) is 6.10 Å². The highest BCUT2D eigenvalue weighted by molar-refractivity contribution is 5.99. The zero-order valence-corrected chi connectivity index (χ0v) is 17.8. The monoisotopic (exact) mass is 419 g/mol. The first-order chi connectivity index (χ1) is 15.0. The van der Waals surface area contributed by atoms with Crippen molar-refractivity contribution in [2.45, 2.75) is 20.0 Å². The van der Waals surface area contributed by atoms with Crippen molar-refractivity contribution < 1.29 is 23.8 Å². The molecule has 0 aliphatic heterocycles. The quantitative estimate of drug-likeness (QED) is 0.524. The largest absolute Gasteiger partial charge is 0.496 e. The Morgan fingerprint density at radius 1 is 0.935 bits per heavy atom. The Hall–Kier alpha value is -3.80. The topological polar surface area (TPSA) is 73.9 Å². The van der Waals surface area contributed by atoms with E-state index in [0.29, 0.717) is 34.9 Å². The van der Waals surface area contributed by atoms with Crippen molar-refractivity contribution in [1.82, 2.24) is 0 Å². The summed E-state index contributed by atoms with van der Waals surface area (Å²) in [4.78, 5) is 26.0. The second kappa shape index (κ2) is 10.3. The van der Waals surface area contributed by atoms with E-state index in [9.17, 15) is 9.59 Å². The van der Waals surface area contributed by atoms with Gasteiger partial charge in [-0.2, -0.15) is 0 Å². The lowest BCUT2D eigenvalue weighted by Gasteiger charge is -2.19. The van der Waals surface area contributed by atoms with Crippen LogP contribution in [0.2, 0.25) is 0 Å². The Kier molecular flexibility index (Phi) is 7.27. The van der Waals surface area contributed by atoms with Gasteiger partial charge in [-0.3, -0.25) is 4.79 Å². The predicted octanol–water partition coefficient (Wildman–Crippen LogP) is 4.94. The molecule has 0 bridgehead atoms. The van der Waals surface area contributed by atoms with Crippen molar-refractivity contribution in [3.63, 3.8) is 0 Å². The van der Waals surface area contributed by atoms with Crippen LogP contribution in [0.5, 0.6) is 11.5 Å². The molecule has 160 valence electrons. The van der Waals surface area contributed by atoms with Gasteiger partial charge in [0.1, 0.15) is 11.5 Å². The number of hydrogen-bond acceptors (Lipinski definition) is 5. The summed E-state index contributed by atoms with van der Waals surface area (Å²) >= 11 is 0. The molecule has 1 N–H and O–H groups in total. The highest BCUT2D eigenvalue weighted by atomic mass is 16.5. The lowest BCUT2D eigenvalue weighted by Crippen LogP contribution is -2.26. The summed E-state index contributed by atoms with van der Waals surface area (Å²) in [5.41, 5.74) is 2.25. The van der Waals surface area contributed by atoms with Crippen LogP contribution in [0.15, 0.2) is 72.8 Å². The van der Waals surface area contributed by atoms with Gasteiger partial charge in [0.25, 0.3) is 5.91 Å². The molecular formula is C25H25NO5. The standard InChI is InChI=1S/C25H25NO5/c1-4-30-21-13-9-8-12-20(21)26-24(27)23(18-10-6-5-7-11-18)31-25(28)19-15-14-17(2)22(16-19)29-3/h5-16,23H,4H2,1-3H3,(H,26,27)/t23-/m1/s1. The van der Waals surface area contributed by atoms with E-state index in [4.69, 9.17) is 14.2 Å². The molecule has 0 saturated heterocycles. The fourth-order valence-corrected chi connectivity index (χ4v) is 3.07. The fourth-order valence-electron chi connectivity index (χ4n) is 3.07. The van der Waals surface area contributed by atoms with Crippen LogP contribution in [0, 0.1) is 6.92 Å². The minimum absolute atomic E-state index is 0.297. The maximum Gasteiger partial charge on any atom is 0.339 e. The van der Waals surface area contributed by atoms with Crippen LogP contribution in [0.4, 0.5) is 5.69 Å². The SMILES string of the molecule is CCOc1ccccc1NC(=O)[C@H](OC(=O)c1ccc(C)c(OC)c1)c1ccccc1. The third-order valence-electron chi connectivity index (χ3n) is 4.65. The van der Waals surface area contributed by atoms with Gasteiger partial charge in [-0.15, -0.1) is 0 Å². The van der Waals surface area contributed by atoms with Crippen LogP contribution in [0.25, 0.3) is 0 Å². The molecule has 31 heavy (non-hydrogen) atoms. The number of rotatable bonds is 8. The maximum absolute atomic E-state index is 13.1. The number of esters is 1. The van der Waals surface area contributed by atoms with E-state index in [1.165, 1.54) is 7.11 Å². The Labute approximate surface area is 181 Å². The molecule has 0 aromatic heterocycles. The highest BCUT2D eigenvalue weighted by Gasteiger charge is 2.27. The lowest BCUT2D eigenvalue weighted by molar-refractivity contribution is -0.125. The fraction of sp³-hybridized carbons (Fsp3) is 0.200. The van der Waals surface area contributed by atoms with E-state index in [1.807, 2.05) is 26.0 Å². The Morgan fingerprint density at radius 3 is 2.35 bits per heavy atom. The summed E-state index contributed by atoms with van der Waals surface area (Å²) in [7, 11) is 1.54. The molecule has 0 fully saturated rings. The van der Waals surface area contributed by atoms with Gasteiger partial charge >= 0.3 is 5.97 Å². The number of hydrogen-bond donors (Lipinski definition) is 1.